The van der Waals surface area contributed by atoms with E-state index in [0.717, 1.165) is 18.2 Å². The molecule has 2 aromatic rings. The fraction of sp³-hybridized carbons (Fsp3) is 0.263. The molecule has 0 aromatic heterocycles. The number of hydrogen-bond acceptors (Lipinski definition) is 2. The Labute approximate surface area is 164 Å². The molecule has 1 aliphatic rings. The molecule has 5 nitrogen and oxygen atoms in total. The third kappa shape index (κ3) is 4.63. The van der Waals surface area contributed by atoms with Gasteiger partial charge in [-0.1, -0.05) is 41.9 Å². The summed E-state index contributed by atoms with van der Waals surface area (Å²) in [5.41, 5.74) is -0.371. The Morgan fingerprint density at radius 1 is 1.18 bits per heavy atom. The summed E-state index contributed by atoms with van der Waals surface area (Å²) in [4.78, 5) is 25.5. The van der Waals surface area contributed by atoms with E-state index in [0.29, 0.717) is 23.6 Å². The topological polar surface area (TPSA) is 62.6 Å². The molecule has 0 saturated carbocycles. The molecule has 1 fully saturated rings. The smallest absolute Gasteiger partial charge is 0.346 e. The largest absolute Gasteiger partial charge is 0.416 e. The highest BCUT2D eigenvalue weighted by atomic mass is 35.5. The lowest BCUT2D eigenvalue weighted by Crippen LogP contribution is -3.16. The van der Waals surface area contributed by atoms with E-state index in [1.54, 1.807) is 30.3 Å². The van der Waals surface area contributed by atoms with Crippen LogP contribution >= 0.6 is 11.6 Å². The standard InChI is InChI=1S/C19H17ClF3N3O2/c20-14-7-6-13(19(21,22)23)10-15(14)25-18(28)17(12-4-2-1-3-5-12)26-9-8-24-16(27)11-26/h1-7,10,17H,8-9,11H2,(H,24,27)(H,25,28)/p+1/t17-/m1/s1. The van der Waals surface area contributed by atoms with Gasteiger partial charge in [-0.2, -0.15) is 13.2 Å². The molecule has 0 spiro atoms. The number of benzene rings is 2. The monoisotopic (exact) mass is 412 g/mol. The van der Waals surface area contributed by atoms with Gasteiger partial charge in [0.2, 0.25) is 0 Å². The van der Waals surface area contributed by atoms with Gasteiger partial charge in [0.25, 0.3) is 11.8 Å². The summed E-state index contributed by atoms with van der Waals surface area (Å²) in [6.45, 7) is 1.01. The van der Waals surface area contributed by atoms with Crippen LogP contribution in [0.15, 0.2) is 48.5 Å². The molecule has 3 rings (SSSR count). The Balaban J connectivity index is 1.91. The van der Waals surface area contributed by atoms with Crippen molar-refractivity contribution in [3.8, 4) is 0 Å². The molecule has 0 radical (unpaired) electrons. The summed E-state index contributed by atoms with van der Waals surface area (Å²) >= 11 is 6.00. The van der Waals surface area contributed by atoms with Gasteiger partial charge in [0.15, 0.2) is 12.6 Å². The van der Waals surface area contributed by atoms with Gasteiger partial charge < -0.3 is 15.5 Å². The molecule has 28 heavy (non-hydrogen) atoms. The quantitative estimate of drug-likeness (QED) is 0.720. The van der Waals surface area contributed by atoms with Crippen molar-refractivity contribution in [3.63, 3.8) is 0 Å². The summed E-state index contributed by atoms with van der Waals surface area (Å²) in [5.74, 6) is -0.718. The maximum Gasteiger partial charge on any atom is 0.416 e. The van der Waals surface area contributed by atoms with Gasteiger partial charge >= 0.3 is 6.18 Å². The highest BCUT2D eigenvalue weighted by molar-refractivity contribution is 6.33. The third-order valence-corrected chi connectivity index (χ3v) is 4.84. The maximum atomic E-state index is 13.0. The zero-order chi connectivity index (χ0) is 20.3. The first-order valence-electron chi connectivity index (χ1n) is 8.59. The Bertz CT molecular complexity index is 874. The van der Waals surface area contributed by atoms with Crippen molar-refractivity contribution in [2.45, 2.75) is 12.2 Å². The van der Waals surface area contributed by atoms with Crippen molar-refractivity contribution < 1.29 is 27.7 Å². The van der Waals surface area contributed by atoms with Crippen LogP contribution in [0.2, 0.25) is 5.02 Å². The molecule has 148 valence electrons. The van der Waals surface area contributed by atoms with Gasteiger partial charge in [0, 0.05) is 5.56 Å². The number of halogens is 4. The van der Waals surface area contributed by atoms with Crippen molar-refractivity contribution in [2.24, 2.45) is 0 Å². The molecule has 0 bridgehead atoms. The van der Waals surface area contributed by atoms with Crippen LogP contribution in [0.5, 0.6) is 0 Å². The summed E-state index contributed by atoms with van der Waals surface area (Å²) < 4.78 is 39.0. The number of amides is 2. The van der Waals surface area contributed by atoms with E-state index >= 15 is 0 Å². The Morgan fingerprint density at radius 3 is 2.54 bits per heavy atom. The normalized spacial score (nSPS) is 18.3. The molecule has 1 heterocycles. The van der Waals surface area contributed by atoms with Gasteiger partial charge in [-0.3, -0.25) is 9.59 Å². The van der Waals surface area contributed by atoms with Crippen LogP contribution in [0.4, 0.5) is 18.9 Å². The molecule has 1 saturated heterocycles. The summed E-state index contributed by atoms with van der Waals surface area (Å²) in [5, 5.41) is 5.21. The number of carbonyl (C=O) groups excluding carboxylic acids is 2. The Hall–Kier alpha value is -2.58. The molecule has 2 atom stereocenters. The van der Waals surface area contributed by atoms with Crippen LogP contribution < -0.4 is 15.5 Å². The summed E-state index contributed by atoms with van der Waals surface area (Å²) in [7, 11) is 0. The van der Waals surface area contributed by atoms with Crippen molar-refractivity contribution in [1.82, 2.24) is 5.32 Å². The number of quaternary nitrogens is 1. The number of piperazine rings is 1. The van der Waals surface area contributed by atoms with E-state index in [2.05, 4.69) is 10.6 Å². The van der Waals surface area contributed by atoms with Crippen LogP contribution in [0.3, 0.4) is 0 Å². The predicted molar refractivity (Wildman–Crippen MR) is 98.0 cm³/mol. The van der Waals surface area contributed by atoms with E-state index in [-0.39, 0.29) is 23.2 Å². The minimum Gasteiger partial charge on any atom is -0.346 e. The first-order valence-corrected chi connectivity index (χ1v) is 8.97. The second-order valence-electron chi connectivity index (χ2n) is 6.46. The van der Waals surface area contributed by atoms with Gasteiger partial charge in [0.05, 0.1) is 29.4 Å². The lowest BCUT2D eigenvalue weighted by molar-refractivity contribution is -0.915. The molecule has 0 aliphatic carbocycles. The van der Waals surface area contributed by atoms with Crippen molar-refractivity contribution >= 4 is 29.1 Å². The molecule has 2 amide bonds. The molecule has 1 aliphatic heterocycles. The highest BCUT2D eigenvalue weighted by Gasteiger charge is 2.36. The predicted octanol–water partition coefficient (Wildman–Crippen LogP) is 2.05. The first-order chi connectivity index (χ1) is 13.3. The molecule has 1 unspecified atom stereocenters. The van der Waals surface area contributed by atoms with Crippen LogP contribution in [0.25, 0.3) is 0 Å². The van der Waals surface area contributed by atoms with Crippen LogP contribution in [-0.4, -0.2) is 31.4 Å². The number of nitrogens with one attached hydrogen (secondary N) is 3. The number of alkyl halides is 3. The fourth-order valence-electron chi connectivity index (χ4n) is 3.19. The van der Waals surface area contributed by atoms with Crippen molar-refractivity contribution in [2.75, 3.05) is 25.0 Å². The number of anilines is 1. The van der Waals surface area contributed by atoms with Crippen molar-refractivity contribution in [1.29, 1.82) is 0 Å². The zero-order valence-corrected chi connectivity index (χ0v) is 15.4. The van der Waals surface area contributed by atoms with E-state index in [9.17, 15) is 22.8 Å². The lowest BCUT2D eigenvalue weighted by atomic mass is 10.0. The van der Waals surface area contributed by atoms with Crippen LogP contribution in [0, 0.1) is 0 Å². The second-order valence-corrected chi connectivity index (χ2v) is 6.87. The van der Waals surface area contributed by atoms with Crippen LogP contribution in [0.1, 0.15) is 17.2 Å². The molecule has 3 N–H and O–H groups in total. The van der Waals surface area contributed by atoms with Crippen molar-refractivity contribution in [3.05, 3.63) is 64.7 Å². The van der Waals surface area contributed by atoms with Crippen LogP contribution in [-0.2, 0) is 15.8 Å². The SMILES string of the molecule is O=C1C[NH+]([C@@H](C(=O)Nc2cc(C(F)(F)F)ccc2Cl)c2ccccc2)CCN1. The van der Waals surface area contributed by atoms with E-state index < -0.39 is 23.7 Å². The zero-order valence-electron chi connectivity index (χ0n) is 14.6. The van der Waals surface area contributed by atoms with Gasteiger partial charge in [0.1, 0.15) is 0 Å². The van der Waals surface area contributed by atoms with Gasteiger partial charge in [-0.05, 0) is 18.2 Å². The third-order valence-electron chi connectivity index (χ3n) is 4.51. The molecular weight excluding hydrogens is 395 g/mol. The molecule has 2 aromatic carbocycles. The average molecular weight is 413 g/mol. The highest BCUT2D eigenvalue weighted by Crippen LogP contribution is 2.34. The maximum absolute atomic E-state index is 13.0. The number of hydrogen-bond donors (Lipinski definition) is 3. The minimum absolute atomic E-state index is 0.000418. The van der Waals surface area contributed by atoms with Gasteiger partial charge in [-0.15, -0.1) is 0 Å². The number of rotatable bonds is 4. The summed E-state index contributed by atoms with van der Waals surface area (Å²) in [6, 6.07) is 10.8. The average Bonchev–Trinajstić information content (AvgIpc) is 2.64. The van der Waals surface area contributed by atoms with E-state index in [1.165, 1.54) is 0 Å². The fourth-order valence-corrected chi connectivity index (χ4v) is 3.35. The molecule has 9 heteroatoms. The Morgan fingerprint density at radius 2 is 1.89 bits per heavy atom. The Kier molecular flexibility index (Phi) is 5.90. The number of carbonyl (C=O) groups is 2. The van der Waals surface area contributed by atoms with Gasteiger partial charge in [-0.25, -0.2) is 0 Å². The second kappa shape index (κ2) is 8.20. The molecular formula is C19H18ClF3N3O2+. The summed E-state index contributed by atoms with van der Waals surface area (Å²) in [6.07, 6.45) is -4.56. The first kappa shape index (κ1) is 20.2. The van der Waals surface area contributed by atoms with E-state index in [4.69, 9.17) is 11.6 Å². The lowest BCUT2D eigenvalue weighted by Gasteiger charge is -2.30. The minimum atomic E-state index is -4.56. The van der Waals surface area contributed by atoms with E-state index in [1.807, 2.05) is 0 Å².